The number of carbonyl (C=O) groups excluding carboxylic acids is 1. The Morgan fingerprint density at radius 1 is 1.07 bits per heavy atom. The summed E-state index contributed by atoms with van der Waals surface area (Å²) in [6.45, 7) is 3.01. The Hall–Kier alpha value is -2.38. The highest BCUT2D eigenvalue weighted by Crippen LogP contribution is 2.35. The average molecular weight is 415 g/mol. The average Bonchev–Trinajstić information content (AvgIpc) is 3.09. The number of hydrogen-bond acceptors (Lipinski definition) is 4. The van der Waals surface area contributed by atoms with Gasteiger partial charge >= 0.3 is 0 Å². The van der Waals surface area contributed by atoms with Crippen LogP contribution in [0.3, 0.4) is 0 Å². The van der Waals surface area contributed by atoms with E-state index in [1.165, 1.54) is 17.5 Å². The Kier molecular flexibility index (Phi) is 5.36. The zero-order valence-corrected chi connectivity index (χ0v) is 17.6. The van der Waals surface area contributed by atoms with E-state index in [1.54, 1.807) is 17.0 Å². The molecule has 1 amide bonds. The maximum absolute atomic E-state index is 13.4. The first-order valence-corrected chi connectivity index (χ1v) is 11.5. The Bertz CT molecular complexity index is 1030. The second-order valence-electron chi connectivity index (χ2n) is 7.69. The number of methoxy groups -OCH3 is 1. The fraction of sp³-hybridized carbons (Fsp3) is 0.409. The van der Waals surface area contributed by atoms with Crippen molar-refractivity contribution in [3.8, 4) is 5.75 Å². The van der Waals surface area contributed by atoms with E-state index < -0.39 is 10.0 Å². The largest absolute Gasteiger partial charge is 0.495 e. The molecular weight excluding hydrogens is 388 g/mol. The number of sulfonamides is 1. The molecule has 154 valence electrons. The maximum atomic E-state index is 13.4. The summed E-state index contributed by atoms with van der Waals surface area (Å²) in [5.74, 6) is 0.0715. The van der Waals surface area contributed by atoms with E-state index in [0.29, 0.717) is 18.7 Å². The van der Waals surface area contributed by atoms with Crippen molar-refractivity contribution in [2.75, 3.05) is 25.1 Å². The number of fused-ring (bicyclic) bond motifs is 1. The lowest BCUT2D eigenvalue weighted by Crippen LogP contribution is -2.37. The Morgan fingerprint density at radius 2 is 1.79 bits per heavy atom. The zero-order valence-electron chi connectivity index (χ0n) is 16.8. The van der Waals surface area contributed by atoms with Gasteiger partial charge in [-0.25, -0.2) is 8.42 Å². The molecule has 6 nitrogen and oxygen atoms in total. The molecule has 1 atom stereocenters. The first-order valence-electron chi connectivity index (χ1n) is 10.0. The molecular formula is C22H26N2O4S. The molecule has 2 aromatic rings. The summed E-state index contributed by atoms with van der Waals surface area (Å²) in [7, 11) is -2.27. The molecule has 2 aromatic carbocycles. The van der Waals surface area contributed by atoms with Gasteiger partial charge in [0.1, 0.15) is 10.6 Å². The molecule has 2 aliphatic heterocycles. The highest BCUT2D eigenvalue weighted by atomic mass is 32.2. The summed E-state index contributed by atoms with van der Waals surface area (Å²) in [5.41, 5.74) is 2.37. The van der Waals surface area contributed by atoms with Gasteiger partial charge in [-0.1, -0.05) is 24.6 Å². The molecule has 1 saturated heterocycles. The van der Waals surface area contributed by atoms with Gasteiger partial charge in [-0.3, -0.25) is 4.79 Å². The first-order chi connectivity index (χ1) is 13.9. The van der Waals surface area contributed by atoms with E-state index >= 15 is 0 Å². The van der Waals surface area contributed by atoms with Crippen molar-refractivity contribution < 1.29 is 17.9 Å². The van der Waals surface area contributed by atoms with Gasteiger partial charge in [0.25, 0.3) is 5.91 Å². The smallest absolute Gasteiger partial charge is 0.258 e. The molecule has 0 spiro atoms. The molecule has 2 heterocycles. The minimum atomic E-state index is -3.72. The van der Waals surface area contributed by atoms with Crippen LogP contribution in [0.4, 0.5) is 5.69 Å². The summed E-state index contributed by atoms with van der Waals surface area (Å²) >= 11 is 0. The second kappa shape index (κ2) is 7.80. The van der Waals surface area contributed by atoms with Gasteiger partial charge in [-0.2, -0.15) is 4.31 Å². The lowest BCUT2D eigenvalue weighted by Gasteiger charge is -2.27. The van der Waals surface area contributed by atoms with Crippen LogP contribution in [0, 0.1) is 0 Å². The normalized spacial score (nSPS) is 19.8. The fourth-order valence-corrected chi connectivity index (χ4v) is 5.97. The molecule has 0 aliphatic carbocycles. The van der Waals surface area contributed by atoms with Crippen LogP contribution in [0.15, 0.2) is 47.4 Å². The number of carbonyl (C=O) groups is 1. The Labute approximate surface area is 172 Å². The van der Waals surface area contributed by atoms with Crippen molar-refractivity contribution in [3.63, 3.8) is 0 Å². The molecule has 0 bridgehead atoms. The van der Waals surface area contributed by atoms with Crippen LogP contribution in [0.5, 0.6) is 5.75 Å². The molecule has 0 radical (unpaired) electrons. The SMILES string of the molecule is COc1ccc(C(=O)N2c3ccccc3C[C@H]2C)cc1S(=O)(=O)N1CCCCC1. The van der Waals surface area contributed by atoms with Crippen molar-refractivity contribution in [2.24, 2.45) is 0 Å². The van der Waals surface area contributed by atoms with Gasteiger partial charge in [-0.05, 0) is 56.0 Å². The standard InChI is InChI=1S/C22H26N2O4S/c1-16-14-17-8-4-5-9-19(17)24(16)22(25)18-10-11-20(28-2)21(15-18)29(26,27)23-12-6-3-7-13-23/h4-5,8-11,15-16H,3,6-7,12-14H2,1-2H3/t16-/m1/s1. The quantitative estimate of drug-likeness (QED) is 0.768. The lowest BCUT2D eigenvalue weighted by molar-refractivity contribution is 0.0981. The van der Waals surface area contributed by atoms with Crippen molar-refractivity contribution in [1.29, 1.82) is 0 Å². The predicted molar refractivity (Wildman–Crippen MR) is 112 cm³/mol. The van der Waals surface area contributed by atoms with Gasteiger partial charge in [0.2, 0.25) is 10.0 Å². The van der Waals surface area contributed by atoms with Crippen LogP contribution in [0.2, 0.25) is 0 Å². The highest BCUT2D eigenvalue weighted by Gasteiger charge is 2.34. The third-order valence-electron chi connectivity index (χ3n) is 5.77. The number of amides is 1. The van der Waals surface area contributed by atoms with E-state index in [4.69, 9.17) is 4.74 Å². The number of ether oxygens (including phenoxy) is 1. The molecule has 0 N–H and O–H groups in total. The molecule has 1 fully saturated rings. The van der Waals surface area contributed by atoms with Crippen molar-refractivity contribution in [1.82, 2.24) is 4.31 Å². The van der Waals surface area contributed by atoms with Gasteiger partial charge in [0.15, 0.2) is 0 Å². The summed E-state index contributed by atoms with van der Waals surface area (Å²) < 4.78 is 33.3. The van der Waals surface area contributed by atoms with Crippen molar-refractivity contribution in [3.05, 3.63) is 53.6 Å². The topological polar surface area (TPSA) is 66.9 Å². The molecule has 4 rings (SSSR count). The first kappa shape index (κ1) is 19.9. The summed E-state index contributed by atoms with van der Waals surface area (Å²) in [4.78, 5) is 15.2. The minimum Gasteiger partial charge on any atom is -0.495 e. The predicted octanol–water partition coefficient (Wildman–Crippen LogP) is 3.46. The van der Waals surface area contributed by atoms with E-state index in [-0.39, 0.29) is 22.6 Å². The van der Waals surface area contributed by atoms with Crippen LogP contribution in [0.1, 0.15) is 42.1 Å². The molecule has 2 aliphatic rings. The highest BCUT2D eigenvalue weighted by molar-refractivity contribution is 7.89. The fourth-order valence-electron chi connectivity index (χ4n) is 4.27. The minimum absolute atomic E-state index is 0.0177. The van der Waals surface area contributed by atoms with Crippen LogP contribution in [-0.2, 0) is 16.4 Å². The van der Waals surface area contributed by atoms with Gasteiger partial charge in [0.05, 0.1) is 7.11 Å². The summed E-state index contributed by atoms with van der Waals surface area (Å²) in [6, 6.07) is 12.6. The molecule has 29 heavy (non-hydrogen) atoms. The second-order valence-corrected chi connectivity index (χ2v) is 9.59. The molecule has 0 aromatic heterocycles. The van der Waals surface area contributed by atoms with Gasteiger partial charge in [0, 0.05) is 30.4 Å². The third kappa shape index (κ3) is 3.53. The van der Waals surface area contributed by atoms with Gasteiger partial charge < -0.3 is 9.64 Å². The summed E-state index contributed by atoms with van der Waals surface area (Å²) in [6.07, 6.45) is 3.52. The number of benzene rings is 2. The number of para-hydroxylation sites is 1. The van der Waals surface area contributed by atoms with Crippen LogP contribution >= 0.6 is 0 Å². The van der Waals surface area contributed by atoms with Crippen LogP contribution in [-0.4, -0.2) is 44.9 Å². The number of anilines is 1. The molecule has 7 heteroatoms. The molecule has 0 unspecified atom stereocenters. The van der Waals surface area contributed by atoms with Crippen LogP contribution < -0.4 is 9.64 Å². The maximum Gasteiger partial charge on any atom is 0.258 e. The number of nitrogens with zero attached hydrogens (tertiary/aromatic N) is 2. The Balaban J connectivity index is 1.73. The summed E-state index contributed by atoms with van der Waals surface area (Å²) in [5, 5.41) is 0. The van der Waals surface area contributed by atoms with Crippen molar-refractivity contribution in [2.45, 2.75) is 43.5 Å². The van der Waals surface area contributed by atoms with E-state index in [0.717, 1.165) is 36.9 Å². The zero-order chi connectivity index (χ0) is 20.6. The van der Waals surface area contributed by atoms with E-state index in [2.05, 4.69) is 0 Å². The van der Waals surface area contributed by atoms with Gasteiger partial charge in [-0.15, -0.1) is 0 Å². The molecule has 0 saturated carbocycles. The Morgan fingerprint density at radius 3 is 2.52 bits per heavy atom. The third-order valence-corrected chi connectivity index (χ3v) is 7.69. The number of hydrogen-bond donors (Lipinski definition) is 0. The van der Waals surface area contributed by atoms with Crippen molar-refractivity contribution >= 4 is 21.6 Å². The van der Waals surface area contributed by atoms with E-state index in [1.807, 2.05) is 31.2 Å². The van der Waals surface area contributed by atoms with Crippen LogP contribution in [0.25, 0.3) is 0 Å². The number of rotatable bonds is 4. The van der Waals surface area contributed by atoms with E-state index in [9.17, 15) is 13.2 Å². The number of piperidine rings is 1. The monoisotopic (exact) mass is 414 g/mol. The lowest BCUT2D eigenvalue weighted by atomic mass is 10.1.